The highest BCUT2D eigenvalue weighted by molar-refractivity contribution is 6.34. The van der Waals surface area contributed by atoms with Gasteiger partial charge in [-0.3, -0.25) is 4.79 Å². The largest absolute Gasteiger partial charge is 0.396 e. The topological polar surface area (TPSA) is 85.8 Å². The molecular weight excluding hydrogens is 451 g/mol. The van der Waals surface area contributed by atoms with Gasteiger partial charge in [0.1, 0.15) is 11.2 Å². The second-order valence-electron chi connectivity index (χ2n) is 7.18. The standard InChI is InChI=1S/C20H21Cl3N4O3/c1-26(9-12-2-4-14(21)5-3-12)19(29)16-8-13(11-28)10-27(16)20(30)24-15-6-7-17(22)25-18(15)23/h2-7,13,16,28H,8-11H2,1H3,(H,24,30)/t13-,16+/m0/s1. The lowest BCUT2D eigenvalue weighted by molar-refractivity contribution is -0.134. The van der Waals surface area contributed by atoms with E-state index in [2.05, 4.69) is 10.3 Å². The first-order chi connectivity index (χ1) is 14.3. The Labute approximate surface area is 189 Å². The van der Waals surface area contributed by atoms with E-state index in [9.17, 15) is 14.7 Å². The average Bonchev–Trinajstić information content (AvgIpc) is 3.16. The highest BCUT2D eigenvalue weighted by Crippen LogP contribution is 2.27. The Balaban J connectivity index is 1.73. The number of aliphatic hydroxyl groups is 1. The third-order valence-electron chi connectivity index (χ3n) is 4.96. The number of nitrogens with zero attached hydrogens (tertiary/aromatic N) is 3. The number of likely N-dealkylation sites (tertiary alicyclic amines) is 1. The third-order valence-corrected chi connectivity index (χ3v) is 5.71. The summed E-state index contributed by atoms with van der Waals surface area (Å²) in [6, 6.07) is 9.07. The van der Waals surface area contributed by atoms with Crippen LogP contribution in [-0.4, -0.2) is 58.1 Å². The quantitative estimate of drug-likeness (QED) is 0.647. The second kappa shape index (κ2) is 9.83. The maximum atomic E-state index is 13.1. The van der Waals surface area contributed by atoms with Gasteiger partial charge in [0.25, 0.3) is 0 Å². The zero-order valence-corrected chi connectivity index (χ0v) is 18.5. The van der Waals surface area contributed by atoms with E-state index in [0.717, 1.165) is 5.56 Å². The van der Waals surface area contributed by atoms with Gasteiger partial charge in [0.2, 0.25) is 5.91 Å². The number of carbonyl (C=O) groups is 2. The Morgan fingerprint density at radius 1 is 1.20 bits per heavy atom. The summed E-state index contributed by atoms with van der Waals surface area (Å²) in [5, 5.41) is 13.1. The van der Waals surface area contributed by atoms with Gasteiger partial charge in [0, 0.05) is 37.7 Å². The number of aromatic nitrogens is 1. The first kappa shape index (κ1) is 22.6. The van der Waals surface area contributed by atoms with Gasteiger partial charge in [-0.1, -0.05) is 46.9 Å². The SMILES string of the molecule is CN(Cc1ccc(Cl)cc1)C(=O)[C@H]1C[C@H](CO)CN1C(=O)Nc1ccc(Cl)nc1Cl. The second-order valence-corrected chi connectivity index (χ2v) is 8.36. The maximum absolute atomic E-state index is 13.1. The summed E-state index contributed by atoms with van der Waals surface area (Å²) in [6.07, 6.45) is 0.375. The molecule has 1 aliphatic heterocycles. The molecule has 30 heavy (non-hydrogen) atoms. The highest BCUT2D eigenvalue weighted by atomic mass is 35.5. The molecule has 3 rings (SSSR count). The van der Waals surface area contributed by atoms with Crippen LogP contribution in [0.2, 0.25) is 15.3 Å². The summed E-state index contributed by atoms with van der Waals surface area (Å²) < 4.78 is 0. The van der Waals surface area contributed by atoms with E-state index in [4.69, 9.17) is 34.8 Å². The number of benzene rings is 1. The first-order valence-electron chi connectivity index (χ1n) is 9.28. The van der Waals surface area contributed by atoms with Crippen molar-refractivity contribution in [2.75, 3.05) is 25.5 Å². The minimum atomic E-state index is -0.696. The molecule has 3 amide bonds. The van der Waals surface area contributed by atoms with Gasteiger partial charge in [0.05, 0.1) is 5.69 Å². The normalized spacial score (nSPS) is 18.4. The molecule has 1 aromatic heterocycles. The lowest BCUT2D eigenvalue weighted by Crippen LogP contribution is -2.47. The van der Waals surface area contributed by atoms with Gasteiger partial charge in [-0.05, 0) is 36.2 Å². The number of nitrogens with one attached hydrogen (secondary N) is 1. The van der Waals surface area contributed by atoms with Crippen molar-refractivity contribution in [3.8, 4) is 0 Å². The van der Waals surface area contributed by atoms with Crippen molar-refractivity contribution in [2.45, 2.75) is 19.0 Å². The molecular formula is C20H21Cl3N4O3. The molecule has 160 valence electrons. The fraction of sp³-hybridized carbons (Fsp3) is 0.350. The van der Waals surface area contributed by atoms with E-state index < -0.39 is 12.1 Å². The van der Waals surface area contributed by atoms with Crippen LogP contribution in [0.15, 0.2) is 36.4 Å². The number of pyridine rings is 1. The van der Waals surface area contributed by atoms with Crippen LogP contribution in [0.4, 0.5) is 10.5 Å². The summed E-state index contributed by atoms with van der Waals surface area (Å²) in [6.45, 7) is 0.516. The van der Waals surface area contributed by atoms with E-state index in [1.54, 1.807) is 30.1 Å². The van der Waals surface area contributed by atoms with Crippen molar-refractivity contribution in [3.05, 3.63) is 57.3 Å². The molecule has 1 fully saturated rings. The van der Waals surface area contributed by atoms with Gasteiger partial charge in [-0.25, -0.2) is 9.78 Å². The molecule has 1 aliphatic rings. The summed E-state index contributed by atoms with van der Waals surface area (Å²) in [4.78, 5) is 32.8. The third kappa shape index (κ3) is 5.35. The number of hydrogen-bond acceptors (Lipinski definition) is 4. The van der Waals surface area contributed by atoms with Crippen molar-refractivity contribution in [1.29, 1.82) is 0 Å². The number of carbonyl (C=O) groups excluding carboxylic acids is 2. The van der Waals surface area contributed by atoms with Gasteiger partial charge in [0.15, 0.2) is 5.15 Å². The number of likely N-dealkylation sites (N-methyl/N-ethyl adjacent to an activating group) is 1. The summed E-state index contributed by atoms with van der Waals surface area (Å²) in [5.41, 5.74) is 1.21. The summed E-state index contributed by atoms with van der Waals surface area (Å²) in [5.74, 6) is -0.399. The number of hydrogen-bond donors (Lipinski definition) is 2. The average molecular weight is 472 g/mol. The predicted octanol–water partition coefficient (Wildman–Crippen LogP) is 3.92. The lowest BCUT2D eigenvalue weighted by atomic mass is 10.1. The van der Waals surface area contributed by atoms with E-state index in [-0.39, 0.29) is 35.3 Å². The van der Waals surface area contributed by atoms with Crippen LogP contribution in [-0.2, 0) is 11.3 Å². The van der Waals surface area contributed by atoms with Crippen molar-refractivity contribution in [2.24, 2.45) is 5.92 Å². The van der Waals surface area contributed by atoms with E-state index in [1.807, 2.05) is 12.1 Å². The Morgan fingerprint density at radius 3 is 2.53 bits per heavy atom. The summed E-state index contributed by atoms with van der Waals surface area (Å²) in [7, 11) is 1.68. The molecule has 2 atom stereocenters. The number of urea groups is 1. The summed E-state index contributed by atoms with van der Waals surface area (Å²) >= 11 is 17.7. The number of aliphatic hydroxyl groups excluding tert-OH is 1. The number of anilines is 1. The lowest BCUT2D eigenvalue weighted by Gasteiger charge is -2.28. The zero-order chi connectivity index (χ0) is 21.8. The van der Waals surface area contributed by atoms with Crippen LogP contribution in [0.25, 0.3) is 0 Å². The molecule has 10 heteroatoms. The minimum Gasteiger partial charge on any atom is -0.396 e. The molecule has 0 radical (unpaired) electrons. The van der Waals surface area contributed by atoms with Crippen LogP contribution >= 0.6 is 34.8 Å². The highest BCUT2D eigenvalue weighted by Gasteiger charge is 2.40. The fourth-order valence-corrected chi connectivity index (χ4v) is 3.92. The molecule has 0 saturated carbocycles. The smallest absolute Gasteiger partial charge is 0.322 e. The van der Waals surface area contributed by atoms with Gasteiger partial charge >= 0.3 is 6.03 Å². The van der Waals surface area contributed by atoms with Crippen molar-refractivity contribution >= 4 is 52.4 Å². The minimum absolute atomic E-state index is 0.0523. The molecule has 0 bridgehead atoms. The first-order valence-corrected chi connectivity index (χ1v) is 10.4. The Morgan fingerprint density at radius 2 is 1.90 bits per heavy atom. The van der Waals surface area contributed by atoms with Crippen LogP contribution < -0.4 is 5.32 Å². The molecule has 1 saturated heterocycles. The van der Waals surface area contributed by atoms with Crippen molar-refractivity contribution < 1.29 is 14.7 Å². The monoisotopic (exact) mass is 470 g/mol. The van der Waals surface area contributed by atoms with Crippen LogP contribution in [0.1, 0.15) is 12.0 Å². The van der Waals surface area contributed by atoms with Crippen molar-refractivity contribution in [3.63, 3.8) is 0 Å². The Bertz CT molecular complexity index is 926. The molecule has 0 aliphatic carbocycles. The Kier molecular flexibility index (Phi) is 7.41. The molecule has 7 nitrogen and oxygen atoms in total. The number of halogens is 3. The van der Waals surface area contributed by atoms with E-state index >= 15 is 0 Å². The van der Waals surface area contributed by atoms with E-state index in [0.29, 0.717) is 23.7 Å². The maximum Gasteiger partial charge on any atom is 0.322 e. The predicted molar refractivity (Wildman–Crippen MR) is 117 cm³/mol. The van der Waals surface area contributed by atoms with Gasteiger partial charge < -0.3 is 20.2 Å². The molecule has 1 aromatic carbocycles. The van der Waals surface area contributed by atoms with Crippen LogP contribution in [0.5, 0.6) is 0 Å². The van der Waals surface area contributed by atoms with Crippen LogP contribution in [0.3, 0.4) is 0 Å². The molecule has 0 spiro atoms. The molecule has 2 heterocycles. The number of amides is 3. The van der Waals surface area contributed by atoms with Gasteiger partial charge in [-0.15, -0.1) is 0 Å². The Hall–Kier alpha value is -2.06. The molecule has 0 unspecified atom stereocenters. The van der Waals surface area contributed by atoms with Crippen LogP contribution in [0, 0.1) is 5.92 Å². The number of rotatable bonds is 5. The fourth-order valence-electron chi connectivity index (χ4n) is 3.40. The van der Waals surface area contributed by atoms with Crippen molar-refractivity contribution in [1.82, 2.24) is 14.8 Å². The zero-order valence-electron chi connectivity index (χ0n) is 16.2. The van der Waals surface area contributed by atoms with E-state index in [1.165, 1.54) is 11.0 Å². The molecule has 2 N–H and O–H groups in total. The van der Waals surface area contributed by atoms with Gasteiger partial charge in [-0.2, -0.15) is 0 Å². The molecule has 2 aromatic rings.